The summed E-state index contributed by atoms with van der Waals surface area (Å²) >= 11 is 0. The average Bonchev–Trinajstić information content (AvgIpc) is 2.41. The second-order valence-electron chi connectivity index (χ2n) is 4.70. The Kier molecular flexibility index (Phi) is 4.22. The lowest BCUT2D eigenvalue weighted by Gasteiger charge is -2.23. The van der Waals surface area contributed by atoms with Gasteiger partial charge in [0.2, 0.25) is 0 Å². The normalized spacial score (nSPS) is 18.5. The van der Waals surface area contributed by atoms with E-state index >= 15 is 0 Å². The summed E-state index contributed by atoms with van der Waals surface area (Å²) in [6.45, 7) is 0. The number of hydrogen-bond acceptors (Lipinski definition) is 5. The minimum absolute atomic E-state index is 0.0677. The number of rotatable bonds is 3. The van der Waals surface area contributed by atoms with Gasteiger partial charge in [-0.3, -0.25) is 4.79 Å². The van der Waals surface area contributed by atoms with Gasteiger partial charge >= 0.3 is 0 Å². The van der Waals surface area contributed by atoms with E-state index in [4.69, 9.17) is 0 Å². The number of carbonyl (C=O) groups excluding carboxylic acids is 1. The van der Waals surface area contributed by atoms with Gasteiger partial charge in [-0.1, -0.05) is 0 Å². The Balaban J connectivity index is 2.07. The quantitative estimate of drug-likeness (QED) is 0.852. The molecular formula is C12H16FN3O3S. The summed E-state index contributed by atoms with van der Waals surface area (Å²) in [5, 5.41) is 5.44. The van der Waals surface area contributed by atoms with Crippen molar-refractivity contribution in [3.05, 3.63) is 23.6 Å². The average molecular weight is 301 g/mol. The van der Waals surface area contributed by atoms with Crippen molar-refractivity contribution in [2.75, 3.05) is 23.9 Å². The molecule has 1 aromatic rings. The van der Waals surface area contributed by atoms with Crippen molar-refractivity contribution < 1.29 is 17.6 Å². The van der Waals surface area contributed by atoms with E-state index in [2.05, 4.69) is 15.6 Å². The van der Waals surface area contributed by atoms with Crippen LogP contribution in [0.25, 0.3) is 0 Å². The maximum Gasteiger partial charge on any atom is 0.255 e. The molecule has 2 rings (SSSR count). The highest BCUT2D eigenvalue weighted by atomic mass is 32.2. The first kappa shape index (κ1) is 14.7. The fourth-order valence-corrected chi connectivity index (χ4v) is 3.60. The number of halogens is 1. The molecular weight excluding hydrogens is 285 g/mol. The predicted octanol–water partition coefficient (Wildman–Crippen LogP) is 0.569. The number of amides is 1. The first-order valence-corrected chi connectivity index (χ1v) is 8.08. The fourth-order valence-electron chi connectivity index (χ4n) is 2.11. The van der Waals surface area contributed by atoms with Crippen LogP contribution in [0.4, 0.5) is 10.2 Å². The molecule has 1 aliphatic rings. The van der Waals surface area contributed by atoms with Gasteiger partial charge in [-0.15, -0.1) is 0 Å². The highest BCUT2D eigenvalue weighted by molar-refractivity contribution is 7.91. The van der Waals surface area contributed by atoms with Crippen molar-refractivity contribution in [3.63, 3.8) is 0 Å². The zero-order valence-electron chi connectivity index (χ0n) is 11.0. The molecule has 1 fully saturated rings. The van der Waals surface area contributed by atoms with Crippen LogP contribution in [0.3, 0.4) is 0 Å². The van der Waals surface area contributed by atoms with E-state index in [0.717, 1.165) is 12.3 Å². The number of hydrogen-bond donors (Lipinski definition) is 2. The summed E-state index contributed by atoms with van der Waals surface area (Å²) in [6.07, 6.45) is 1.78. The molecule has 20 heavy (non-hydrogen) atoms. The molecule has 0 unspecified atom stereocenters. The molecule has 0 spiro atoms. The maximum absolute atomic E-state index is 13.2. The third kappa shape index (κ3) is 3.44. The zero-order valence-corrected chi connectivity index (χ0v) is 11.8. The summed E-state index contributed by atoms with van der Waals surface area (Å²) in [7, 11) is -1.38. The third-order valence-corrected chi connectivity index (χ3v) is 4.94. The van der Waals surface area contributed by atoms with Crippen LogP contribution in [0.15, 0.2) is 12.3 Å². The minimum Gasteiger partial charge on any atom is -0.372 e. The van der Waals surface area contributed by atoms with Gasteiger partial charge in [0.25, 0.3) is 5.91 Å². The molecule has 0 aliphatic carbocycles. The summed E-state index contributed by atoms with van der Waals surface area (Å²) < 4.78 is 35.8. The van der Waals surface area contributed by atoms with Gasteiger partial charge in [0.1, 0.15) is 21.5 Å². The van der Waals surface area contributed by atoms with E-state index in [1.54, 1.807) is 7.05 Å². The summed E-state index contributed by atoms with van der Waals surface area (Å²) in [5.41, 5.74) is 0.112. The molecule has 1 amide bonds. The molecule has 1 aromatic heterocycles. The van der Waals surface area contributed by atoms with Crippen LogP contribution in [0, 0.1) is 5.82 Å². The Morgan fingerprint density at radius 2 is 2.05 bits per heavy atom. The van der Waals surface area contributed by atoms with Gasteiger partial charge in [0.05, 0.1) is 23.3 Å². The summed E-state index contributed by atoms with van der Waals surface area (Å²) in [5.74, 6) is -0.630. The standard InChI is InChI=1S/C12H16FN3O3S/c1-14-11-10(6-8(13)7-15-11)12(17)16-9-2-4-20(18,19)5-3-9/h6-7,9H,2-5H2,1H3,(H,14,15)(H,16,17). The predicted molar refractivity (Wildman–Crippen MR) is 72.9 cm³/mol. The lowest BCUT2D eigenvalue weighted by molar-refractivity contribution is 0.0934. The second kappa shape index (κ2) is 5.74. The van der Waals surface area contributed by atoms with E-state index in [-0.39, 0.29) is 28.9 Å². The molecule has 110 valence electrons. The molecule has 6 nitrogen and oxygen atoms in total. The molecule has 0 atom stereocenters. The third-order valence-electron chi connectivity index (χ3n) is 3.23. The number of pyridine rings is 1. The number of nitrogens with one attached hydrogen (secondary N) is 2. The minimum atomic E-state index is -2.97. The Labute approximate surface area is 116 Å². The number of anilines is 1. The van der Waals surface area contributed by atoms with Crippen molar-refractivity contribution in [2.45, 2.75) is 18.9 Å². The van der Waals surface area contributed by atoms with E-state index in [9.17, 15) is 17.6 Å². The van der Waals surface area contributed by atoms with E-state index < -0.39 is 21.6 Å². The summed E-state index contributed by atoms with van der Waals surface area (Å²) in [6, 6.07) is 0.896. The van der Waals surface area contributed by atoms with Crippen LogP contribution >= 0.6 is 0 Å². The molecule has 0 radical (unpaired) electrons. The first-order chi connectivity index (χ1) is 9.41. The Bertz CT molecular complexity index is 604. The van der Waals surface area contributed by atoms with Crippen molar-refractivity contribution in [1.82, 2.24) is 10.3 Å². The Morgan fingerprint density at radius 1 is 1.40 bits per heavy atom. The van der Waals surface area contributed by atoms with Crippen LogP contribution in [0.5, 0.6) is 0 Å². The zero-order chi connectivity index (χ0) is 14.8. The largest absolute Gasteiger partial charge is 0.372 e. The van der Waals surface area contributed by atoms with E-state index in [0.29, 0.717) is 12.8 Å². The molecule has 2 N–H and O–H groups in total. The number of nitrogens with zero attached hydrogens (tertiary/aromatic N) is 1. The topological polar surface area (TPSA) is 88.2 Å². The highest BCUT2D eigenvalue weighted by Gasteiger charge is 2.25. The van der Waals surface area contributed by atoms with E-state index in [1.807, 2.05) is 0 Å². The van der Waals surface area contributed by atoms with Crippen LogP contribution in [-0.2, 0) is 9.84 Å². The Morgan fingerprint density at radius 3 is 2.65 bits per heavy atom. The number of sulfone groups is 1. The molecule has 1 saturated heterocycles. The van der Waals surface area contributed by atoms with Gasteiger partial charge in [-0.05, 0) is 18.9 Å². The Hall–Kier alpha value is -1.70. The second-order valence-corrected chi connectivity index (χ2v) is 7.00. The van der Waals surface area contributed by atoms with E-state index in [1.165, 1.54) is 0 Å². The van der Waals surface area contributed by atoms with Crippen LogP contribution in [0.1, 0.15) is 23.2 Å². The highest BCUT2D eigenvalue weighted by Crippen LogP contribution is 2.16. The van der Waals surface area contributed by atoms with Crippen molar-refractivity contribution in [2.24, 2.45) is 0 Å². The lowest BCUT2D eigenvalue weighted by atomic mass is 10.1. The maximum atomic E-state index is 13.2. The first-order valence-electron chi connectivity index (χ1n) is 6.26. The molecule has 0 bridgehead atoms. The van der Waals surface area contributed by atoms with Crippen LogP contribution in [-0.4, -0.2) is 43.9 Å². The van der Waals surface area contributed by atoms with Crippen LogP contribution in [0.2, 0.25) is 0 Å². The van der Waals surface area contributed by atoms with Gasteiger partial charge in [-0.2, -0.15) is 0 Å². The van der Waals surface area contributed by atoms with Crippen molar-refractivity contribution >= 4 is 21.6 Å². The van der Waals surface area contributed by atoms with Gasteiger partial charge in [0, 0.05) is 13.1 Å². The molecule has 2 heterocycles. The molecule has 8 heteroatoms. The lowest BCUT2D eigenvalue weighted by Crippen LogP contribution is -2.41. The molecule has 0 aromatic carbocycles. The summed E-state index contributed by atoms with van der Waals surface area (Å²) in [4.78, 5) is 15.9. The van der Waals surface area contributed by atoms with Gasteiger partial charge in [-0.25, -0.2) is 17.8 Å². The molecule has 0 saturated carbocycles. The monoisotopic (exact) mass is 301 g/mol. The van der Waals surface area contributed by atoms with Crippen LogP contribution < -0.4 is 10.6 Å². The smallest absolute Gasteiger partial charge is 0.255 e. The fraction of sp³-hybridized carbons (Fsp3) is 0.500. The SMILES string of the molecule is CNc1ncc(F)cc1C(=O)NC1CCS(=O)(=O)CC1. The molecule has 1 aliphatic heterocycles. The van der Waals surface area contributed by atoms with Crippen molar-refractivity contribution in [3.8, 4) is 0 Å². The number of aromatic nitrogens is 1. The van der Waals surface area contributed by atoms with Gasteiger partial charge < -0.3 is 10.6 Å². The van der Waals surface area contributed by atoms with Crippen molar-refractivity contribution in [1.29, 1.82) is 0 Å². The number of carbonyl (C=O) groups is 1. The van der Waals surface area contributed by atoms with Gasteiger partial charge in [0.15, 0.2) is 0 Å².